The summed E-state index contributed by atoms with van der Waals surface area (Å²) in [6.45, 7) is 6.17. The summed E-state index contributed by atoms with van der Waals surface area (Å²) < 4.78 is 13.6. The molecular weight excluding hydrogens is 245 g/mol. The van der Waals surface area contributed by atoms with Gasteiger partial charge in [-0.3, -0.25) is 0 Å². The summed E-state index contributed by atoms with van der Waals surface area (Å²) in [5, 5.41) is 8.60. The Morgan fingerprint density at radius 1 is 1.42 bits per heavy atom. The molecule has 1 aliphatic rings. The Hall–Kier alpha value is -1.84. The molecule has 1 aromatic carbocycles. The van der Waals surface area contributed by atoms with Gasteiger partial charge in [0.2, 0.25) is 0 Å². The molecule has 0 saturated carbocycles. The molecule has 0 spiro atoms. The van der Waals surface area contributed by atoms with Gasteiger partial charge in [0, 0.05) is 24.9 Å². The van der Waals surface area contributed by atoms with Gasteiger partial charge in [0.25, 0.3) is 0 Å². The van der Waals surface area contributed by atoms with Crippen molar-refractivity contribution in [1.82, 2.24) is 0 Å². The molecule has 1 heterocycles. The first-order valence-corrected chi connectivity index (χ1v) is 6.32. The number of benzene rings is 1. The molecule has 0 amide bonds. The van der Waals surface area contributed by atoms with Crippen molar-refractivity contribution in [3.05, 3.63) is 35.7 Å². The van der Waals surface area contributed by atoms with Gasteiger partial charge in [-0.25, -0.2) is 9.18 Å². The molecule has 0 unspecified atom stereocenters. The van der Waals surface area contributed by atoms with Crippen molar-refractivity contribution in [2.45, 2.75) is 20.3 Å². The maximum atomic E-state index is 13.6. The fourth-order valence-electron chi connectivity index (χ4n) is 2.38. The van der Waals surface area contributed by atoms with Crippen LogP contribution in [0, 0.1) is 11.2 Å². The zero-order valence-corrected chi connectivity index (χ0v) is 11.2. The molecule has 4 heteroatoms. The van der Waals surface area contributed by atoms with Crippen LogP contribution in [0.3, 0.4) is 0 Å². The number of hydrogen-bond donors (Lipinski definition) is 1. The standard InChI is InChI=1S/C15H18FNO2/c1-15(2)5-6-17(10-15)13-8-11(3-4-14(18)19)7-12(16)9-13/h3-4,7-9H,5-6,10H2,1-2H3,(H,18,19)/b4-3+. The van der Waals surface area contributed by atoms with E-state index in [1.165, 1.54) is 18.2 Å². The van der Waals surface area contributed by atoms with Crippen LogP contribution in [0.1, 0.15) is 25.8 Å². The molecule has 1 aliphatic heterocycles. The van der Waals surface area contributed by atoms with E-state index in [0.717, 1.165) is 31.3 Å². The predicted octanol–water partition coefficient (Wildman–Crippen LogP) is 3.16. The molecule has 102 valence electrons. The highest BCUT2D eigenvalue weighted by atomic mass is 19.1. The predicted molar refractivity (Wildman–Crippen MR) is 73.7 cm³/mol. The molecule has 0 aliphatic carbocycles. The summed E-state index contributed by atoms with van der Waals surface area (Å²) in [5.41, 5.74) is 1.63. The van der Waals surface area contributed by atoms with Gasteiger partial charge in [0.15, 0.2) is 0 Å². The van der Waals surface area contributed by atoms with Crippen LogP contribution in [0.2, 0.25) is 0 Å². The highest BCUT2D eigenvalue weighted by Gasteiger charge is 2.29. The van der Waals surface area contributed by atoms with Crippen LogP contribution < -0.4 is 4.90 Å². The van der Waals surface area contributed by atoms with E-state index in [4.69, 9.17) is 5.11 Å². The van der Waals surface area contributed by atoms with Crippen LogP contribution >= 0.6 is 0 Å². The second-order valence-electron chi connectivity index (χ2n) is 5.75. The summed E-state index contributed by atoms with van der Waals surface area (Å²) in [4.78, 5) is 12.6. The van der Waals surface area contributed by atoms with E-state index >= 15 is 0 Å². The number of nitrogens with zero attached hydrogens (tertiary/aromatic N) is 1. The number of anilines is 1. The van der Waals surface area contributed by atoms with Crippen molar-refractivity contribution in [2.24, 2.45) is 5.41 Å². The Bertz CT molecular complexity index is 523. The second kappa shape index (κ2) is 5.03. The largest absolute Gasteiger partial charge is 0.478 e. The second-order valence-corrected chi connectivity index (χ2v) is 5.75. The number of rotatable bonds is 3. The number of halogens is 1. The van der Waals surface area contributed by atoms with Gasteiger partial charge in [-0.05, 0) is 41.7 Å². The number of carbonyl (C=O) groups is 1. The van der Waals surface area contributed by atoms with E-state index in [1.54, 1.807) is 0 Å². The molecule has 2 rings (SSSR count). The van der Waals surface area contributed by atoms with Crippen LogP contribution in [0.4, 0.5) is 10.1 Å². The van der Waals surface area contributed by atoms with Crippen LogP contribution in [-0.4, -0.2) is 24.2 Å². The third-order valence-electron chi connectivity index (χ3n) is 3.37. The molecule has 1 saturated heterocycles. The summed E-state index contributed by atoms with van der Waals surface area (Å²) in [7, 11) is 0. The fraction of sp³-hybridized carbons (Fsp3) is 0.400. The van der Waals surface area contributed by atoms with Gasteiger partial charge in [0.05, 0.1) is 0 Å². The maximum Gasteiger partial charge on any atom is 0.328 e. The first-order valence-electron chi connectivity index (χ1n) is 6.32. The minimum atomic E-state index is -1.03. The lowest BCUT2D eigenvalue weighted by Gasteiger charge is -2.22. The molecule has 1 fully saturated rings. The summed E-state index contributed by atoms with van der Waals surface area (Å²) in [6, 6.07) is 4.66. The zero-order chi connectivity index (χ0) is 14.0. The van der Waals surface area contributed by atoms with E-state index in [-0.39, 0.29) is 11.2 Å². The Kier molecular flexibility index (Phi) is 3.60. The molecule has 0 aromatic heterocycles. The highest BCUT2D eigenvalue weighted by molar-refractivity contribution is 5.85. The van der Waals surface area contributed by atoms with Crippen molar-refractivity contribution in [2.75, 3.05) is 18.0 Å². The van der Waals surface area contributed by atoms with Crippen molar-refractivity contribution < 1.29 is 14.3 Å². The third kappa shape index (κ3) is 3.56. The van der Waals surface area contributed by atoms with Crippen LogP contribution in [0.25, 0.3) is 6.08 Å². The van der Waals surface area contributed by atoms with E-state index in [1.807, 2.05) is 6.07 Å². The topological polar surface area (TPSA) is 40.5 Å². The van der Waals surface area contributed by atoms with Crippen LogP contribution in [0.15, 0.2) is 24.3 Å². The minimum absolute atomic E-state index is 0.239. The summed E-state index contributed by atoms with van der Waals surface area (Å²) >= 11 is 0. The first-order chi connectivity index (χ1) is 8.85. The Balaban J connectivity index is 2.24. The number of aliphatic carboxylic acids is 1. The smallest absolute Gasteiger partial charge is 0.328 e. The SMILES string of the molecule is CC1(C)CCN(c2cc(F)cc(/C=C/C(=O)O)c2)C1. The number of carboxylic acid groups (broad SMARTS) is 1. The van der Waals surface area contributed by atoms with E-state index in [0.29, 0.717) is 5.56 Å². The van der Waals surface area contributed by atoms with Crippen molar-refractivity contribution in [3.8, 4) is 0 Å². The van der Waals surface area contributed by atoms with Crippen molar-refractivity contribution in [1.29, 1.82) is 0 Å². The lowest BCUT2D eigenvalue weighted by atomic mass is 9.93. The average Bonchev–Trinajstić information content (AvgIpc) is 2.66. The minimum Gasteiger partial charge on any atom is -0.478 e. The lowest BCUT2D eigenvalue weighted by Crippen LogP contribution is -2.22. The van der Waals surface area contributed by atoms with E-state index in [9.17, 15) is 9.18 Å². The summed E-state index contributed by atoms with van der Waals surface area (Å²) in [6.07, 6.45) is 3.51. The zero-order valence-electron chi connectivity index (χ0n) is 11.2. The quantitative estimate of drug-likeness (QED) is 0.852. The average molecular weight is 263 g/mol. The third-order valence-corrected chi connectivity index (χ3v) is 3.37. The van der Waals surface area contributed by atoms with Gasteiger partial charge in [-0.2, -0.15) is 0 Å². The van der Waals surface area contributed by atoms with Crippen LogP contribution in [-0.2, 0) is 4.79 Å². The van der Waals surface area contributed by atoms with Crippen molar-refractivity contribution in [3.63, 3.8) is 0 Å². The summed E-state index contributed by atoms with van der Waals surface area (Å²) in [5.74, 6) is -1.37. The van der Waals surface area contributed by atoms with Gasteiger partial charge in [-0.1, -0.05) is 13.8 Å². The number of hydrogen-bond acceptors (Lipinski definition) is 2. The van der Waals surface area contributed by atoms with Gasteiger partial charge in [-0.15, -0.1) is 0 Å². The Labute approximate surface area is 112 Å². The molecule has 3 nitrogen and oxygen atoms in total. The normalized spacial score (nSPS) is 18.2. The van der Waals surface area contributed by atoms with Crippen LogP contribution in [0.5, 0.6) is 0 Å². The molecule has 1 N–H and O–H groups in total. The molecule has 0 bridgehead atoms. The molecule has 0 atom stereocenters. The Morgan fingerprint density at radius 3 is 2.74 bits per heavy atom. The molecule has 19 heavy (non-hydrogen) atoms. The lowest BCUT2D eigenvalue weighted by molar-refractivity contribution is -0.131. The first kappa shape index (κ1) is 13.6. The maximum absolute atomic E-state index is 13.6. The monoisotopic (exact) mass is 263 g/mol. The Morgan fingerprint density at radius 2 is 2.16 bits per heavy atom. The van der Waals surface area contributed by atoms with E-state index in [2.05, 4.69) is 18.7 Å². The van der Waals surface area contributed by atoms with Gasteiger partial charge in [0.1, 0.15) is 5.82 Å². The van der Waals surface area contributed by atoms with E-state index < -0.39 is 5.97 Å². The highest BCUT2D eigenvalue weighted by Crippen LogP contribution is 2.33. The fourth-order valence-corrected chi connectivity index (χ4v) is 2.38. The molecule has 0 radical (unpaired) electrons. The van der Waals surface area contributed by atoms with Crippen molar-refractivity contribution >= 4 is 17.7 Å². The number of carboxylic acids is 1. The van der Waals surface area contributed by atoms with Gasteiger partial charge >= 0.3 is 5.97 Å². The van der Waals surface area contributed by atoms with Gasteiger partial charge < -0.3 is 10.0 Å². The molecular formula is C15H18FNO2. The molecule has 1 aromatic rings.